The van der Waals surface area contributed by atoms with Crippen molar-refractivity contribution in [2.75, 3.05) is 0 Å². The minimum Gasteiger partial charge on any atom is -0.160 e. The van der Waals surface area contributed by atoms with Crippen LogP contribution in [0.4, 0.5) is 3.89 Å². The number of hydrogen-bond acceptors (Lipinski definition) is 1. The van der Waals surface area contributed by atoms with E-state index in [9.17, 15) is 3.89 Å². The highest BCUT2D eigenvalue weighted by atomic mass is 32.2. The van der Waals surface area contributed by atoms with E-state index in [1.54, 1.807) is 18.2 Å². The summed E-state index contributed by atoms with van der Waals surface area (Å²) in [5.41, 5.74) is 0. The average molecular weight is 130 g/mol. The lowest BCUT2D eigenvalue weighted by atomic mass is 10.5. The first-order chi connectivity index (χ1) is 3.81. The molecule has 0 bridgehead atoms. The van der Waals surface area contributed by atoms with Crippen LogP contribution in [0.1, 0.15) is 0 Å². The molecule has 0 aromatic rings. The average Bonchev–Trinajstić information content (AvgIpc) is 1.83. The van der Waals surface area contributed by atoms with Gasteiger partial charge in [-0.1, -0.05) is 25.3 Å². The Kier molecular flexibility index (Phi) is 4.36. The first-order valence-electron chi connectivity index (χ1n) is 2.08. The summed E-state index contributed by atoms with van der Waals surface area (Å²) >= 11 is 0.136. The minimum atomic E-state index is 0.136. The van der Waals surface area contributed by atoms with E-state index >= 15 is 0 Å². The number of rotatable bonds is 3. The second-order valence-electron chi connectivity index (χ2n) is 1.14. The van der Waals surface area contributed by atoms with Crippen LogP contribution in [-0.2, 0) is 0 Å². The molecule has 0 aliphatic heterocycles. The van der Waals surface area contributed by atoms with Crippen LogP contribution in [-0.4, -0.2) is 0 Å². The van der Waals surface area contributed by atoms with Gasteiger partial charge in [-0.3, -0.25) is 0 Å². The Morgan fingerprint density at radius 1 is 1.62 bits per heavy atom. The standard InChI is InChI=1S/C6H7FS/c1-3-4-5-6(2)8-7/h3-5H,1-2H2/b5-4-. The van der Waals surface area contributed by atoms with Crippen LogP contribution in [0.15, 0.2) is 36.3 Å². The molecule has 0 saturated carbocycles. The van der Waals surface area contributed by atoms with E-state index in [4.69, 9.17) is 0 Å². The molecule has 0 aromatic carbocycles. The SMILES string of the molecule is C=C/C=C\C(=C)SF. The summed E-state index contributed by atoms with van der Waals surface area (Å²) in [5.74, 6) is 0. The molecule has 0 aromatic heterocycles. The van der Waals surface area contributed by atoms with Crippen LogP contribution >= 0.6 is 12.1 Å². The van der Waals surface area contributed by atoms with Crippen molar-refractivity contribution in [1.82, 2.24) is 0 Å². The van der Waals surface area contributed by atoms with Gasteiger partial charge in [-0.2, -0.15) is 3.89 Å². The summed E-state index contributed by atoms with van der Waals surface area (Å²) in [5, 5.41) is 0. The van der Waals surface area contributed by atoms with Gasteiger partial charge in [-0.15, -0.1) is 0 Å². The lowest BCUT2D eigenvalue weighted by Gasteiger charge is -1.81. The zero-order valence-corrected chi connectivity index (χ0v) is 5.25. The Labute approximate surface area is 53.1 Å². The molecule has 0 spiro atoms. The molecule has 0 nitrogen and oxygen atoms in total. The van der Waals surface area contributed by atoms with Gasteiger partial charge in [0, 0.05) is 4.91 Å². The quantitative estimate of drug-likeness (QED) is 0.529. The minimum absolute atomic E-state index is 0.136. The zero-order chi connectivity index (χ0) is 6.41. The first kappa shape index (κ1) is 7.50. The fraction of sp³-hybridized carbons (Fsp3) is 0. The van der Waals surface area contributed by atoms with Gasteiger partial charge in [0.1, 0.15) is 0 Å². The molecule has 44 valence electrons. The van der Waals surface area contributed by atoms with Gasteiger partial charge in [0.2, 0.25) is 0 Å². The predicted molar refractivity (Wildman–Crippen MR) is 37.2 cm³/mol. The number of halogens is 1. The van der Waals surface area contributed by atoms with Crippen LogP contribution in [0.25, 0.3) is 0 Å². The fourth-order valence-electron chi connectivity index (χ4n) is 0.201. The first-order valence-corrected chi connectivity index (χ1v) is 2.79. The van der Waals surface area contributed by atoms with Gasteiger partial charge in [-0.25, -0.2) is 0 Å². The Bertz CT molecular complexity index is 116. The molecule has 0 heterocycles. The summed E-state index contributed by atoms with van der Waals surface area (Å²) < 4.78 is 11.4. The summed E-state index contributed by atoms with van der Waals surface area (Å²) in [6, 6.07) is 0. The van der Waals surface area contributed by atoms with Crippen molar-refractivity contribution in [3.8, 4) is 0 Å². The van der Waals surface area contributed by atoms with E-state index in [1.165, 1.54) is 0 Å². The van der Waals surface area contributed by atoms with E-state index in [2.05, 4.69) is 13.2 Å². The number of allylic oxidation sites excluding steroid dienone is 3. The monoisotopic (exact) mass is 130 g/mol. The Hall–Kier alpha value is -0.500. The molecule has 0 fully saturated rings. The van der Waals surface area contributed by atoms with E-state index in [-0.39, 0.29) is 12.1 Å². The van der Waals surface area contributed by atoms with Crippen molar-refractivity contribution in [2.24, 2.45) is 0 Å². The molecular weight excluding hydrogens is 123 g/mol. The van der Waals surface area contributed by atoms with Crippen molar-refractivity contribution in [3.63, 3.8) is 0 Å². The van der Waals surface area contributed by atoms with E-state index in [0.29, 0.717) is 4.91 Å². The molecular formula is C6H7FS. The van der Waals surface area contributed by atoms with Crippen molar-refractivity contribution < 1.29 is 3.89 Å². The van der Waals surface area contributed by atoms with E-state index in [1.807, 2.05) is 0 Å². The van der Waals surface area contributed by atoms with Crippen molar-refractivity contribution in [1.29, 1.82) is 0 Å². The van der Waals surface area contributed by atoms with Gasteiger partial charge in [0.15, 0.2) is 0 Å². The summed E-state index contributed by atoms with van der Waals surface area (Å²) in [4.78, 5) is 0.393. The predicted octanol–water partition coefficient (Wildman–Crippen LogP) is 2.86. The van der Waals surface area contributed by atoms with Crippen molar-refractivity contribution >= 4 is 12.1 Å². The molecule has 2 heteroatoms. The summed E-state index contributed by atoms with van der Waals surface area (Å²) in [6.45, 7) is 6.77. The third-order valence-corrected chi connectivity index (χ3v) is 0.852. The molecule has 0 saturated heterocycles. The maximum atomic E-state index is 11.4. The van der Waals surface area contributed by atoms with Gasteiger partial charge in [0.05, 0.1) is 12.1 Å². The molecule has 0 rings (SSSR count). The lowest BCUT2D eigenvalue weighted by molar-refractivity contribution is 0.945. The van der Waals surface area contributed by atoms with Crippen LogP contribution in [0, 0.1) is 0 Å². The Balaban J connectivity index is 3.52. The van der Waals surface area contributed by atoms with Crippen LogP contribution in [0.3, 0.4) is 0 Å². The molecule has 0 atom stereocenters. The van der Waals surface area contributed by atoms with Crippen molar-refractivity contribution in [3.05, 3.63) is 36.3 Å². The highest BCUT2D eigenvalue weighted by molar-refractivity contribution is 7.98. The molecule has 0 amide bonds. The Morgan fingerprint density at radius 3 is 2.62 bits per heavy atom. The lowest BCUT2D eigenvalue weighted by Crippen LogP contribution is -1.55. The maximum absolute atomic E-state index is 11.4. The highest BCUT2D eigenvalue weighted by Crippen LogP contribution is 2.14. The molecule has 0 N–H and O–H groups in total. The van der Waals surface area contributed by atoms with Crippen LogP contribution in [0.5, 0.6) is 0 Å². The summed E-state index contributed by atoms with van der Waals surface area (Å²) in [7, 11) is 0. The maximum Gasteiger partial charge on any atom is 0.0805 e. The second-order valence-corrected chi connectivity index (χ2v) is 1.82. The smallest absolute Gasteiger partial charge is 0.0805 e. The van der Waals surface area contributed by atoms with Gasteiger partial charge < -0.3 is 0 Å². The van der Waals surface area contributed by atoms with E-state index in [0.717, 1.165) is 0 Å². The molecule has 8 heavy (non-hydrogen) atoms. The normalized spacial score (nSPS) is 9.62. The highest BCUT2D eigenvalue weighted by Gasteiger charge is 1.81. The Morgan fingerprint density at radius 2 is 2.25 bits per heavy atom. The third kappa shape index (κ3) is 3.68. The third-order valence-electron chi connectivity index (χ3n) is 0.517. The molecule has 0 aliphatic carbocycles. The summed E-state index contributed by atoms with van der Waals surface area (Å²) in [6.07, 6.45) is 4.76. The fourth-order valence-corrected chi connectivity index (χ4v) is 0.331. The number of hydrogen-bond donors (Lipinski definition) is 0. The molecule has 0 radical (unpaired) electrons. The second kappa shape index (κ2) is 4.65. The van der Waals surface area contributed by atoms with E-state index < -0.39 is 0 Å². The largest absolute Gasteiger partial charge is 0.160 e. The molecule has 0 unspecified atom stereocenters. The van der Waals surface area contributed by atoms with Gasteiger partial charge in [0.25, 0.3) is 0 Å². The van der Waals surface area contributed by atoms with Crippen LogP contribution in [0.2, 0.25) is 0 Å². The van der Waals surface area contributed by atoms with Gasteiger partial charge >= 0.3 is 0 Å². The topological polar surface area (TPSA) is 0 Å². The van der Waals surface area contributed by atoms with Crippen LogP contribution < -0.4 is 0 Å². The van der Waals surface area contributed by atoms with Crippen molar-refractivity contribution in [2.45, 2.75) is 0 Å². The van der Waals surface area contributed by atoms with Gasteiger partial charge in [-0.05, 0) is 6.08 Å². The zero-order valence-electron chi connectivity index (χ0n) is 4.43. The molecule has 0 aliphatic rings.